The molecule has 0 bridgehead atoms. The van der Waals surface area contributed by atoms with Gasteiger partial charge in [-0.05, 0) is 22.8 Å². The summed E-state index contributed by atoms with van der Waals surface area (Å²) in [6.45, 7) is 4.29. The van der Waals surface area contributed by atoms with Crippen LogP contribution in [0.2, 0.25) is 0 Å². The Morgan fingerprint density at radius 3 is 2.56 bits per heavy atom. The van der Waals surface area contributed by atoms with Crippen molar-refractivity contribution in [1.82, 2.24) is 4.90 Å². The fraction of sp³-hybridized carbons (Fsp3) is 0.429. The SMILES string of the molecule is CCC(=O)[C@@H](CC(=O)N1CCOCC1)Cc1cccc2ccccc12. The Morgan fingerprint density at radius 2 is 1.80 bits per heavy atom. The highest BCUT2D eigenvalue weighted by molar-refractivity contribution is 5.89. The molecule has 1 aliphatic heterocycles. The molecule has 1 fully saturated rings. The van der Waals surface area contributed by atoms with E-state index >= 15 is 0 Å². The quantitative estimate of drug-likeness (QED) is 0.812. The van der Waals surface area contributed by atoms with Gasteiger partial charge in [-0.15, -0.1) is 0 Å². The first-order chi connectivity index (χ1) is 12.2. The van der Waals surface area contributed by atoms with Crippen LogP contribution in [0.4, 0.5) is 0 Å². The zero-order chi connectivity index (χ0) is 17.6. The molecule has 0 N–H and O–H groups in total. The van der Waals surface area contributed by atoms with Gasteiger partial charge in [0.1, 0.15) is 5.78 Å². The smallest absolute Gasteiger partial charge is 0.223 e. The molecular weight excluding hydrogens is 314 g/mol. The van der Waals surface area contributed by atoms with E-state index in [2.05, 4.69) is 24.3 Å². The molecule has 3 rings (SSSR count). The van der Waals surface area contributed by atoms with Crippen molar-refractivity contribution in [3.05, 3.63) is 48.0 Å². The highest BCUT2D eigenvalue weighted by atomic mass is 16.5. The van der Waals surface area contributed by atoms with Crippen molar-refractivity contribution in [1.29, 1.82) is 0 Å². The molecule has 4 heteroatoms. The lowest BCUT2D eigenvalue weighted by Crippen LogP contribution is -2.42. The molecule has 0 aliphatic carbocycles. The van der Waals surface area contributed by atoms with Crippen LogP contribution in [0.1, 0.15) is 25.3 Å². The number of fused-ring (bicyclic) bond motifs is 1. The molecule has 1 heterocycles. The number of Topliss-reactive ketones (excluding diaryl/α,β-unsaturated/α-hetero) is 1. The number of hydrogen-bond donors (Lipinski definition) is 0. The topological polar surface area (TPSA) is 46.6 Å². The van der Waals surface area contributed by atoms with Gasteiger partial charge in [0, 0.05) is 31.8 Å². The lowest BCUT2D eigenvalue weighted by Gasteiger charge is -2.28. The minimum absolute atomic E-state index is 0.0651. The summed E-state index contributed by atoms with van der Waals surface area (Å²) in [4.78, 5) is 26.9. The van der Waals surface area contributed by atoms with Crippen LogP contribution in [0.15, 0.2) is 42.5 Å². The number of benzene rings is 2. The minimum Gasteiger partial charge on any atom is -0.378 e. The van der Waals surface area contributed by atoms with Crippen LogP contribution in [-0.4, -0.2) is 42.9 Å². The normalized spacial score (nSPS) is 16.0. The van der Waals surface area contributed by atoms with Gasteiger partial charge in [-0.25, -0.2) is 0 Å². The van der Waals surface area contributed by atoms with Gasteiger partial charge >= 0.3 is 0 Å². The number of ether oxygens (including phenoxy) is 1. The van der Waals surface area contributed by atoms with E-state index in [4.69, 9.17) is 4.74 Å². The minimum atomic E-state index is -0.258. The predicted octanol–water partition coefficient (Wildman–Crippen LogP) is 3.23. The van der Waals surface area contributed by atoms with E-state index in [1.807, 2.05) is 30.0 Å². The van der Waals surface area contributed by atoms with E-state index in [-0.39, 0.29) is 24.0 Å². The lowest BCUT2D eigenvalue weighted by atomic mass is 9.88. The number of carbonyl (C=O) groups excluding carboxylic acids is 2. The van der Waals surface area contributed by atoms with Crippen molar-refractivity contribution in [2.75, 3.05) is 26.3 Å². The van der Waals surface area contributed by atoms with Gasteiger partial charge in [-0.2, -0.15) is 0 Å². The zero-order valence-electron chi connectivity index (χ0n) is 14.7. The molecular formula is C21H25NO3. The second-order valence-electron chi connectivity index (χ2n) is 6.56. The van der Waals surface area contributed by atoms with Crippen molar-refractivity contribution >= 4 is 22.5 Å². The van der Waals surface area contributed by atoms with Crippen LogP contribution in [0.25, 0.3) is 10.8 Å². The summed E-state index contributed by atoms with van der Waals surface area (Å²) >= 11 is 0. The van der Waals surface area contributed by atoms with Crippen molar-refractivity contribution in [2.45, 2.75) is 26.2 Å². The van der Waals surface area contributed by atoms with Crippen LogP contribution >= 0.6 is 0 Å². The molecule has 0 aromatic heterocycles. The molecule has 2 aromatic carbocycles. The third kappa shape index (κ3) is 4.26. The standard InChI is InChI=1S/C21H25NO3/c1-2-20(23)18(15-21(24)22-10-12-25-13-11-22)14-17-8-5-7-16-6-3-4-9-19(16)17/h3-9,18H,2,10-15H2,1H3/t18-/m1/s1. The predicted molar refractivity (Wildman–Crippen MR) is 98.5 cm³/mol. The van der Waals surface area contributed by atoms with E-state index in [0.717, 1.165) is 10.9 Å². The van der Waals surface area contributed by atoms with E-state index < -0.39 is 0 Å². The Kier molecular flexibility index (Phi) is 5.82. The Hall–Kier alpha value is -2.20. The largest absolute Gasteiger partial charge is 0.378 e. The van der Waals surface area contributed by atoms with Crippen LogP contribution < -0.4 is 0 Å². The summed E-state index contributed by atoms with van der Waals surface area (Å²) in [7, 11) is 0. The number of nitrogens with zero attached hydrogens (tertiary/aromatic N) is 1. The highest BCUT2D eigenvalue weighted by Gasteiger charge is 2.25. The van der Waals surface area contributed by atoms with Gasteiger partial charge < -0.3 is 9.64 Å². The Bertz CT molecular complexity index is 744. The maximum atomic E-state index is 12.6. The number of amides is 1. The van der Waals surface area contributed by atoms with Gasteiger partial charge in [0.15, 0.2) is 0 Å². The summed E-state index contributed by atoms with van der Waals surface area (Å²) < 4.78 is 5.31. The van der Waals surface area contributed by atoms with Crippen LogP contribution in [0.3, 0.4) is 0 Å². The second-order valence-corrected chi connectivity index (χ2v) is 6.56. The first-order valence-electron chi connectivity index (χ1n) is 9.04. The van der Waals surface area contributed by atoms with Gasteiger partial charge in [0.25, 0.3) is 0 Å². The number of ketones is 1. The van der Waals surface area contributed by atoms with Crippen molar-refractivity contribution in [2.24, 2.45) is 5.92 Å². The molecule has 0 saturated carbocycles. The molecule has 25 heavy (non-hydrogen) atoms. The second kappa shape index (κ2) is 8.26. The average Bonchev–Trinajstić information content (AvgIpc) is 2.67. The molecule has 1 saturated heterocycles. The molecule has 0 radical (unpaired) electrons. The van der Waals surface area contributed by atoms with E-state index in [9.17, 15) is 9.59 Å². The van der Waals surface area contributed by atoms with Crippen molar-refractivity contribution in [3.63, 3.8) is 0 Å². The van der Waals surface area contributed by atoms with Crippen molar-refractivity contribution < 1.29 is 14.3 Å². The molecule has 2 aromatic rings. The van der Waals surface area contributed by atoms with Crippen LogP contribution in [0.5, 0.6) is 0 Å². The van der Waals surface area contributed by atoms with Gasteiger partial charge in [0.2, 0.25) is 5.91 Å². The summed E-state index contributed by atoms with van der Waals surface area (Å²) in [5.74, 6) is -0.0315. The monoisotopic (exact) mass is 339 g/mol. The van der Waals surface area contributed by atoms with Crippen LogP contribution in [0, 0.1) is 5.92 Å². The molecule has 0 spiro atoms. The van der Waals surface area contributed by atoms with E-state index in [1.54, 1.807) is 0 Å². The van der Waals surface area contributed by atoms with E-state index in [1.165, 1.54) is 5.39 Å². The summed E-state index contributed by atoms with van der Waals surface area (Å²) in [6, 6.07) is 14.4. The fourth-order valence-corrected chi connectivity index (χ4v) is 3.48. The Morgan fingerprint density at radius 1 is 1.08 bits per heavy atom. The molecule has 132 valence electrons. The van der Waals surface area contributed by atoms with Gasteiger partial charge in [-0.3, -0.25) is 9.59 Å². The summed E-state index contributed by atoms with van der Waals surface area (Å²) in [5.41, 5.74) is 1.14. The van der Waals surface area contributed by atoms with Gasteiger partial charge in [0.05, 0.1) is 13.2 Å². The Labute approximate surface area is 148 Å². The molecule has 1 amide bonds. The third-order valence-corrected chi connectivity index (χ3v) is 4.93. The summed E-state index contributed by atoms with van der Waals surface area (Å²) in [6.07, 6.45) is 1.37. The lowest BCUT2D eigenvalue weighted by molar-refractivity contribution is -0.138. The average molecular weight is 339 g/mol. The molecule has 1 aliphatic rings. The third-order valence-electron chi connectivity index (χ3n) is 4.93. The maximum Gasteiger partial charge on any atom is 0.223 e. The van der Waals surface area contributed by atoms with Crippen molar-refractivity contribution in [3.8, 4) is 0 Å². The molecule has 4 nitrogen and oxygen atoms in total. The first-order valence-corrected chi connectivity index (χ1v) is 9.04. The fourth-order valence-electron chi connectivity index (χ4n) is 3.48. The van der Waals surface area contributed by atoms with Crippen LogP contribution in [-0.2, 0) is 20.7 Å². The molecule has 0 unspecified atom stereocenters. The number of morpholine rings is 1. The summed E-state index contributed by atoms with van der Waals surface area (Å²) in [5, 5.41) is 2.33. The Balaban J connectivity index is 1.78. The number of carbonyl (C=O) groups is 2. The number of rotatable bonds is 6. The molecule has 1 atom stereocenters. The van der Waals surface area contributed by atoms with E-state index in [0.29, 0.717) is 39.1 Å². The zero-order valence-corrected chi connectivity index (χ0v) is 14.7. The maximum absolute atomic E-state index is 12.6. The number of hydrogen-bond acceptors (Lipinski definition) is 3. The highest BCUT2D eigenvalue weighted by Crippen LogP contribution is 2.24. The first kappa shape index (κ1) is 17.6. The van der Waals surface area contributed by atoms with Gasteiger partial charge in [-0.1, -0.05) is 49.4 Å².